The van der Waals surface area contributed by atoms with Crippen molar-refractivity contribution in [3.05, 3.63) is 47.3 Å². The van der Waals surface area contributed by atoms with Crippen LogP contribution in [0.2, 0.25) is 0 Å². The van der Waals surface area contributed by atoms with Crippen molar-refractivity contribution in [1.29, 1.82) is 0 Å². The van der Waals surface area contributed by atoms with Gasteiger partial charge in [0.25, 0.3) is 0 Å². The number of hydrogen-bond donors (Lipinski definition) is 2. The summed E-state index contributed by atoms with van der Waals surface area (Å²) in [5, 5.41) is 13.5. The fraction of sp³-hybridized carbons (Fsp3) is 0.188. The summed E-state index contributed by atoms with van der Waals surface area (Å²) < 4.78 is 0. The molecule has 8 heteroatoms. The van der Waals surface area contributed by atoms with Gasteiger partial charge in [-0.3, -0.25) is 9.59 Å². The van der Waals surface area contributed by atoms with Crippen molar-refractivity contribution in [1.82, 2.24) is 0 Å². The molecule has 1 heterocycles. The average molecular weight is 364 g/mol. The first-order valence-corrected chi connectivity index (χ1v) is 9.02. The number of para-hydroxylation sites is 1. The van der Waals surface area contributed by atoms with Crippen LogP contribution in [0.1, 0.15) is 10.4 Å². The van der Waals surface area contributed by atoms with Gasteiger partial charge < -0.3 is 15.3 Å². The minimum Gasteiger partial charge on any atom is -0.478 e. The number of carbonyl (C=O) groups is 3. The van der Waals surface area contributed by atoms with Crippen LogP contribution >= 0.6 is 23.1 Å². The molecule has 0 aliphatic rings. The number of hydrogen-bond acceptors (Lipinski definition) is 5. The number of carbonyl (C=O) groups excluding carboxylic acids is 2. The molecule has 0 fully saturated rings. The topological polar surface area (TPSA) is 86.7 Å². The molecular formula is C16H16N2O4S2. The number of carboxylic acid groups (broad SMARTS) is 1. The number of anilines is 2. The van der Waals surface area contributed by atoms with Crippen LogP contribution in [-0.2, 0) is 9.59 Å². The van der Waals surface area contributed by atoms with Crippen molar-refractivity contribution in [3.8, 4) is 0 Å². The second-order valence-corrected chi connectivity index (χ2v) is 6.70. The number of thioether (sulfide) groups is 1. The summed E-state index contributed by atoms with van der Waals surface area (Å²) in [6.07, 6.45) is 0. The van der Waals surface area contributed by atoms with E-state index >= 15 is 0 Å². The van der Waals surface area contributed by atoms with E-state index in [9.17, 15) is 14.4 Å². The number of benzene rings is 1. The van der Waals surface area contributed by atoms with Crippen LogP contribution in [0.15, 0.2) is 41.8 Å². The lowest BCUT2D eigenvalue weighted by atomic mass is 10.3. The molecular weight excluding hydrogens is 348 g/mol. The molecule has 24 heavy (non-hydrogen) atoms. The summed E-state index contributed by atoms with van der Waals surface area (Å²) in [6.45, 7) is 0. The molecule has 0 saturated carbocycles. The number of aromatic carboxylic acids is 1. The monoisotopic (exact) mass is 364 g/mol. The van der Waals surface area contributed by atoms with E-state index < -0.39 is 5.97 Å². The first kappa shape index (κ1) is 18.0. The summed E-state index contributed by atoms with van der Waals surface area (Å²) in [5.74, 6) is -1.29. The highest BCUT2D eigenvalue weighted by Gasteiger charge is 2.15. The highest BCUT2D eigenvalue weighted by atomic mass is 32.2. The van der Waals surface area contributed by atoms with Crippen LogP contribution in [0.5, 0.6) is 0 Å². The van der Waals surface area contributed by atoms with E-state index in [2.05, 4.69) is 5.32 Å². The Morgan fingerprint density at radius 1 is 1.17 bits per heavy atom. The maximum absolute atomic E-state index is 12.1. The van der Waals surface area contributed by atoms with E-state index in [0.717, 1.165) is 17.0 Å². The summed E-state index contributed by atoms with van der Waals surface area (Å²) >= 11 is 2.33. The van der Waals surface area contributed by atoms with E-state index in [-0.39, 0.29) is 28.9 Å². The number of nitrogens with zero attached hydrogens (tertiary/aromatic N) is 1. The minimum atomic E-state index is -1.08. The molecule has 2 amide bonds. The van der Waals surface area contributed by atoms with E-state index in [1.165, 1.54) is 22.7 Å². The van der Waals surface area contributed by atoms with E-state index in [0.29, 0.717) is 5.00 Å². The molecule has 0 aliphatic carbocycles. The Hall–Kier alpha value is -2.32. The molecule has 1 aromatic carbocycles. The molecule has 0 radical (unpaired) electrons. The summed E-state index contributed by atoms with van der Waals surface area (Å²) in [5.41, 5.74) is 0.857. The lowest BCUT2D eigenvalue weighted by Crippen LogP contribution is -2.28. The molecule has 6 nitrogen and oxygen atoms in total. The molecule has 2 aromatic rings. The van der Waals surface area contributed by atoms with Gasteiger partial charge in [-0.15, -0.1) is 23.1 Å². The minimum absolute atomic E-state index is 0.0678. The first-order chi connectivity index (χ1) is 11.5. The van der Waals surface area contributed by atoms with Crippen LogP contribution in [0.25, 0.3) is 0 Å². The van der Waals surface area contributed by atoms with Crippen LogP contribution in [-0.4, -0.2) is 41.4 Å². The SMILES string of the molecule is CN(C(=O)CSCC(=O)Nc1sccc1C(=O)O)c1ccccc1. The summed E-state index contributed by atoms with van der Waals surface area (Å²) in [7, 11) is 1.68. The molecule has 0 atom stereocenters. The Labute approximate surface area is 147 Å². The molecule has 2 rings (SSSR count). The zero-order valence-corrected chi connectivity index (χ0v) is 14.5. The third-order valence-corrected chi connectivity index (χ3v) is 4.87. The lowest BCUT2D eigenvalue weighted by Gasteiger charge is -2.16. The second-order valence-electron chi connectivity index (χ2n) is 4.80. The predicted octanol–water partition coefficient (Wildman–Crippen LogP) is 2.78. The van der Waals surface area contributed by atoms with Crippen molar-refractivity contribution < 1.29 is 19.5 Å². The predicted molar refractivity (Wildman–Crippen MR) is 97.1 cm³/mol. The smallest absolute Gasteiger partial charge is 0.338 e. The molecule has 0 saturated heterocycles. The molecule has 1 aromatic heterocycles. The molecule has 0 aliphatic heterocycles. The van der Waals surface area contributed by atoms with Crippen molar-refractivity contribution >= 4 is 51.6 Å². The zero-order valence-electron chi connectivity index (χ0n) is 12.9. The van der Waals surface area contributed by atoms with Crippen molar-refractivity contribution in [3.63, 3.8) is 0 Å². The van der Waals surface area contributed by atoms with Gasteiger partial charge in [0.2, 0.25) is 11.8 Å². The average Bonchev–Trinajstić information content (AvgIpc) is 3.03. The number of amides is 2. The number of nitrogens with one attached hydrogen (secondary N) is 1. The Kier molecular flexibility index (Phi) is 6.39. The number of thiophene rings is 1. The van der Waals surface area contributed by atoms with Gasteiger partial charge in [0.1, 0.15) is 5.00 Å². The molecule has 126 valence electrons. The Morgan fingerprint density at radius 3 is 2.54 bits per heavy atom. The van der Waals surface area contributed by atoms with Crippen LogP contribution < -0.4 is 10.2 Å². The maximum atomic E-state index is 12.1. The molecule has 0 spiro atoms. The maximum Gasteiger partial charge on any atom is 0.338 e. The quantitative estimate of drug-likeness (QED) is 0.789. The molecule has 0 unspecified atom stereocenters. The standard InChI is InChI=1S/C16H16N2O4S2/c1-18(11-5-3-2-4-6-11)14(20)10-23-9-13(19)17-15-12(16(21)22)7-8-24-15/h2-8H,9-10H2,1H3,(H,17,19)(H,21,22). The number of rotatable bonds is 7. The Morgan fingerprint density at radius 2 is 1.88 bits per heavy atom. The van der Waals surface area contributed by atoms with Crippen molar-refractivity contribution in [2.24, 2.45) is 0 Å². The largest absolute Gasteiger partial charge is 0.478 e. The zero-order chi connectivity index (χ0) is 17.5. The fourth-order valence-electron chi connectivity index (χ4n) is 1.86. The molecule has 2 N–H and O–H groups in total. The van der Waals surface area contributed by atoms with Crippen LogP contribution in [0.4, 0.5) is 10.7 Å². The van der Waals surface area contributed by atoms with Gasteiger partial charge >= 0.3 is 5.97 Å². The van der Waals surface area contributed by atoms with Gasteiger partial charge in [-0.05, 0) is 23.6 Å². The summed E-state index contributed by atoms with van der Waals surface area (Å²) in [4.78, 5) is 36.5. The van der Waals surface area contributed by atoms with Gasteiger partial charge in [-0.25, -0.2) is 4.79 Å². The Bertz CT molecular complexity index is 731. The van der Waals surface area contributed by atoms with Gasteiger partial charge in [0.15, 0.2) is 0 Å². The van der Waals surface area contributed by atoms with Crippen molar-refractivity contribution in [2.75, 3.05) is 28.8 Å². The Balaban J connectivity index is 1.79. The third-order valence-electron chi connectivity index (χ3n) is 3.12. The van der Waals surface area contributed by atoms with Crippen LogP contribution in [0, 0.1) is 0 Å². The second kappa shape index (κ2) is 8.51. The van der Waals surface area contributed by atoms with Crippen LogP contribution in [0.3, 0.4) is 0 Å². The van der Waals surface area contributed by atoms with Gasteiger partial charge in [-0.2, -0.15) is 0 Å². The van der Waals surface area contributed by atoms with Gasteiger partial charge in [0.05, 0.1) is 17.1 Å². The highest BCUT2D eigenvalue weighted by Crippen LogP contribution is 2.23. The lowest BCUT2D eigenvalue weighted by molar-refractivity contribution is -0.115. The fourth-order valence-corrected chi connectivity index (χ4v) is 3.38. The highest BCUT2D eigenvalue weighted by molar-refractivity contribution is 8.00. The van der Waals surface area contributed by atoms with E-state index in [1.54, 1.807) is 12.4 Å². The van der Waals surface area contributed by atoms with E-state index in [1.807, 2.05) is 30.3 Å². The summed E-state index contributed by atoms with van der Waals surface area (Å²) in [6, 6.07) is 10.7. The van der Waals surface area contributed by atoms with Gasteiger partial charge in [0, 0.05) is 12.7 Å². The van der Waals surface area contributed by atoms with Crippen molar-refractivity contribution in [2.45, 2.75) is 0 Å². The first-order valence-electron chi connectivity index (χ1n) is 6.99. The van der Waals surface area contributed by atoms with Gasteiger partial charge in [-0.1, -0.05) is 18.2 Å². The van der Waals surface area contributed by atoms with E-state index in [4.69, 9.17) is 5.11 Å². The number of carboxylic acids is 1. The normalized spacial score (nSPS) is 10.2. The third kappa shape index (κ3) is 4.84. The molecule has 0 bridgehead atoms.